The summed E-state index contributed by atoms with van der Waals surface area (Å²) >= 11 is 7.56. The first kappa shape index (κ1) is 14.4. The Morgan fingerprint density at radius 1 is 1.47 bits per heavy atom. The van der Waals surface area contributed by atoms with Crippen LogP contribution < -0.4 is 5.32 Å². The molecule has 2 heterocycles. The molecule has 0 aliphatic carbocycles. The smallest absolute Gasteiger partial charge is 0.203 e. The normalized spacial score (nSPS) is 10.9. The van der Waals surface area contributed by atoms with Gasteiger partial charge in [0.15, 0.2) is 0 Å². The average Bonchev–Trinajstić information content (AvgIpc) is 2.92. The number of anilines is 1. The van der Waals surface area contributed by atoms with Gasteiger partial charge in [-0.25, -0.2) is 4.98 Å². The number of thiophene rings is 1. The van der Waals surface area contributed by atoms with Crippen molar-refractivity contribution in [3.63, 3.8) is 0 Å². The Morgan fingerprint density at radius 3 is 3.00 bits per heavy atom. The second kappa shape index (κ2) is 6.93. The van der Waals surface area contributed by atoms with Crippen LogP contribution in [0, 0.1) is 6.92 Å². The first-order chi connectivity index (χ1) is 9.19. The van der Waals surface area contributed by atoms with Gasteiger partial charge in [-0.05, 0) is 25.5 Å². The molecule has 0 amide bonds. The molecule has 104 valence electrons. The number of imidazole rings is 1. The fourth-order valence-corrected chi connectivity index (χ4v) is 2.92. The molecule has 0 atom stereocenters. The van der Waals surface area contributed by atoms with E-state index in [1.165, 1.54) is 4.88 Å². The average molecular weight is 300 g/mol. The summed E-state index contributed by atoms with van der Waals surface area (Å²) in [4.78, 5) is 5.72. The van der Waals surface area contributed by atoms with Crippen LogP contribution >= 0.6 is 22.9 Å². The van der Waals surface area contributed by atoms with Crippen LogP contribution in [0.15, 0.2) is 18.3 Å². The van der Waals surface area contributed by atoms with Crippen LogP contribution in [0.1, 0.15) is 17.0 Å². The highest BCUT2D eigenvalue weighted by Gasteiger charge is 2.07. The van der Waals surface area contributed by atoms with Crippen molar-refractivity contribution in [1.29, 1.82) is 0 Å². The Morgan fingerprint density at radius 2 is 2.32 bits per heavy atom. The topological polar surface area (TPSA) is 39.1 Å². The van der Waals surface area contributed by atoms with E-state index in [0.717, 1.165) is 42.1 Å². The minimum absolute atomic E-state index is 0.757. The van der Waals surface area contributed by atoms with E-state index in [1.54, 1.807) is 18.4 Å². The number of hydrogen-bond donors (Lipinski definition) is 1. The molecule has 0 radical (unpaired) electrons. The molecule has 0 saturated heterocycles. The zero-order valence-corrected chi connectivity index (χ0v) is 12.7. The van der Waals surface area contributed by atoms with Crippen LogP contribution in [-0.2, 0) is 11.3 Å². The third-order valence-electron chi connectivity index (χ3n) is 2.66. The molecule has 6 heteroatoms. The van der Waals surface area contributed by atoms with Gasteiger partial charge in [-0.3, -0.25) is 0 Å². The van der Waals surface area contributed by atoms with Crippen molar-refractivity contribution < 1.29 is 4.74 Å². The molecule has 0 bridgehead atoms. The van der Waals surface area contributed by atoms with Gasteiger partial charge < -0.3 is 14.6 Å². The number of ether oxygens (including phenoxy) is 1. The third-order valence-corrected chi connectivity index (χ3v) is 3.88. The number of aryl methyl sites for hydroxylation is 1. The predicted octanol–water partition coefficient (Wildman–Crippen LogP) is 3.40. The molecule has 2 rings (SSSR count). The van der Waals surface area contributed by atoms with Gasteiger partial charge in [-0.15, -0.1) is 11.3 Å². The molecule has 0 aromatic carbocycles. The monoisotopic (exact) mass is 299 g/mol. The van der Waals surface area contributed by atoms with Crippen molar-refractivity contribution in [3.05, 3.63) is 33.2 Å². The number of nitrogens with one attached hydrogen (secondary N) is 1. The molecule has 0 spiro atoms. The zero-order chi connectivity index (χ0) is 13.7. The lowest BCUT2D eigenvalue weighted by Gasteiger charge is -2.08. The molecule has 2 aromatic rings. The van der Waals surface area contributed by atoms with E-state index >= 15 is 0 Å². The standard InChI is InChI=1S/C13H18ClN3OS/c1-10-8-17(9-11-4-5-12(14)19-11)13(16-10)15-6-3-7-18-2/h4-5,8H,3,6-7,9H2,1-2H3,(H,15,16). The minimum Gasteiger partial charge on any atom is -0.385 e. The van der Waals surface area contributed by atoms with E-state index in [9.17, 15) is 0 Å². The predicted molar refractivity (Wildman–Crippen MR) is 80.4 cm³/mol. The highest BCUT2D eigenvalue weighted by atomic mass is 35.5. The fraction of sp³-hybridized carbons (Fsp3) is 0.462. The Hall–Kier alpha value is -1.04. The van der Waals surface area contributed by atoms with E-state index in [1.807, 2.05) is 19.2 Å². The third kappa shape index (κ3) is 4.23. The quantitative estimate of drug-likeness (QED) is 0.796. The van der Waals surface area contributed by atoms with Crippen molar-refractivity contribution in [2.45, 2.75) is 19.9 Å². The lowest BCUT2D eigenvalue weighted by molar-refractivity contribution is 0.197. The highest BCUT2D eigenvalue weighted by Crippen LogP contribution is 2.23. The maximum atomic E-state index is 5.95. The summed E-state index contributed by atoms with van der Waals surface area (Å²) < 4.78 is 7.97. The largest absolute Gasteiger partial charge is 0.385 e. The van der Waals surface area contributed by atoms with E-state index in [2.05, 4.69) is 20.9 Å². The van der Waals surface area contributed by atoms with Gasteiger partial charge in [0.2, 0.25) is 5.95 Å². The number of methoxy groups -OCH3 is 1. The van der Waals surface area contributed by atoms with Gasteiger partial charge in [-0.2, -0.15) is 0 Å². The van der Waals surface area contributed by atoms with Gasteiger partial charge in [-0.1, -0.05) is 11.6 Å². The number of hydrogen-bond acceptors (Lipinski definition) is 4. The summed E-state index contributed by atoms with van der Waals surface area (Å²) in [7, 11) is 1.71. The van der Waals surface area contributed by atoms with Gasteiger partial charge in [0, 0.05) is 31.3 Å². The fourth-order valence-electron chi connectivity index (χ4n) is 1.83. The van der Waals surface area contributed by atoms with E-state index in [4.69, 9.17) is 16.3 Å². The highest BCUT2D eigenvalue weighted by molar-refractivity contribution is 7.16. The van der Waals surface area contributed by atoms with Crippen molar-refractivity contribution in [1.82, 2.24) is 9.55 Å². The molecular weight excluding hydrogens is 282 g/mol. The number of halogens is 1. The van der Waals surface area contributed by atoms with Gasteiger partial charge >= 0.3 is 0 Å². The first-order valence-corrected chi connectivity index (χ1v) is 7.39. The van der Waals surface area contributed by atoms with Crippen LogP contribution in [-0.4, -0.2) is 29.8 Å². The number of aromatic nitrogens is 2. The lowest BCUT2D eigenvalue weighted by atomic mass is 10.4. The van der Waals surface area contributed by atoms with Crippen molar-refractivity contribution in [2.75, 3.05) is 25.6 Å². The van der Waals surface area contributed by atoms with Gasteiger partial charge in [0.1, 0.15) is 0 Å². The lowest BCUT2D eigenvalue weighted by Crippen LogP contribution is -2.10. The molecule has 0 aliphatic rings. The molecule has 0 unspecified atom stereocenters. The minimum atomic E-state index is 0.757. The second-order valence-corrected chi connectivity index (χ2v) is 6.11. The maximum absolute atomic E-state index is 5.95. The first-order valence-electron chi connectivity index (χ1n) is 6.20. The summed E-state index contributed by atoms with van der Waals surface area (Å²) in [5, 5.41) is 3.34. The van der Waals surface area contributed by atoms with Gasteiger partial charge in [0.05, 0.1) is 16.6 Å². The summed E-state index contributed by atoms with van der Waals surface area (Å²) in [5.74, 6) is 0.901. The van der Waals surface area contributed by atoms with Gasteiger partial charge in [0.25, 0.3) is 0 Å². The molecular formula is C13H18ClN3OS. The van der Waals surface area contributed by atoms with Crippen molar-refractivity contribution in [2.24, 2.45) is 0 Å². The molecule has 19 heavy (non-hydrogen) atoms. The maximum Gasteiger partial charge on any atom is 0.203 e. The van der Waals surface area contributed by atoms with E-state index in [-0.39, 0.29) is 0 Å². The second-order valence-electron chi connectivity index (χ2n) is 4.31. The summed E-state index contributed by atoms with van der Waals surface area (Å²) in [6.45, 7) is 4.41. The summed E-state index contributed by atoms with van der Waals surface area (Å²) in [6.07, 6.45) is 3.01. The molecule has 4 nitrogen and oxygen atoms in total. The van der Waals surface area contributed by atoms with Crippen LogP contribution in [0.25, 0.3) is 0 Å². The van der Waals surface area contributed by atoms with Crippen molar-refractivity contribution in [3.8, 4) is 0 Å². The van der Waals surface area contributed by atoms with Crippen LogP contribution in [0.2, 0.25) is 4.34 Å². The summed E-state index contributed by atoms with van der Waals surface area (Å²) in [6, 6.07) is 3.98. The van der Waals surface area contributed by atoms with E-state index < -0.39 is 0 Å². The SMILES string of the molecule is COCCCNc1nc(C)cn1Cc1ccc(Cl)s1. The molecule has 2 aromatic heterocycles. The Balaban J connectivity index is 1.99. The van der Waals surface area contributed by atoms with E-state index in [0.29, 0.717) is 0 Å². The number of nitrogens with zero attached hydrogens (tertiary/aromatic N) is 2. The number of rotatable bonds is 7. The Bertz CT molecular complexity index is 524. The Labute approximate surface area is 122 Å². The molecule has 1 N–H and O–H groups in total. The van der Waals surface area contributed by atoms with Crippen molar-refractivity contribution >= 4 is 28.9 Å². The zero-order valence-electron chi connectivity index (χ0n) is 11.1. The molecule has 0 fully saturated rings. The molecule has 0 saturated carbocycles. The Kier molecular flexibility index (Phi) is 5.24. The van der Waals surface area contributed by atoms with Crippen LogP contribution in [0.3, 0.4) is 0 Å². The van der Waals surface area contributed by atoms with Crippen LogP contribution in [0.5, 0.6) is 0 Å². The van der Waals surface area contributed by atoms with Crippen LogP contribution in [0.4, 0.5) is 5.95 Å². The molecule has 0 aliphatic heterocycles. The summed E-state index contributed by atoms with van der Waals surface area (Å²) in [5.41, 5.74) is 1.01.